The van der Waals surface area contributed by atoms with Gasteiger partial charge in [-0.15, -0.1) is 0 Å². The van der Waals surface area contributed by atoms with Crippen molar-refractivity contribution in [2.24, 2.45) is 5.92 Å². The summed E-state index contributed by atoms with van der Waals surface area (Å²) in [5, 5.41) is 2.81. The lowest BCUT2D eigenvalue weighted by atomic mass is 9.90. The third kappa shape index (κ3) is 3.80. The molecule has 22 heavy (non-hydrogen) atoms. The molecule has 1 aliphatic heterocycles. The highest BCUT2D eigenvalue weighted by molar-refractivity contribution is 5.79. The normalized spacial score (nSPS) is 21.4. The Morgan fingerprint density at radius 1 is 1.32 bits per heavy atom. The predicted molar refractivity (Wildman–Crippen MR) is 76.4 cm³/mol. The van der Waals surface area contributed by atoms with Crippen LogP contribution in [-0.2, 0) is 15.7 Å². The largest absolute Gasteiger partial charge is 0.416 e. The second kappa shape index (κ2) is 6.69. The van der Waals surface area contributed by atoms with E-state index in [2.05, 4.69) is 5.32 Å². The summed E-state index contributed by atoms with van der Waals surface area (Å²) in [5.41, 5.74) is -0.446. The molecule has 1 fully saturated rings. The van der Waals surface area contributed by atoms with E-state index >= 15 is 0 Å². The minimum absolute atomic E-state index is 0.152. The molecule has 1 aliphatic rings. The Labute approximate surface area is 127 Å². The van der Waals surface area contributed by atoms with E-state index in [1.807, 2.05) is 0 Å². The maximum absolute atomic E-state index is 13.1. The van der Waals surface area contributed by atoms with Crippen molar-refractivity contribution in [3.8, 4) is 0 Å². The Morgan fingerprint density at radius 3 is 2.59 bits per heavy atom. The maximum Gasteiger partial charge on any atom is 0.416 e. The van der Waals surface area contributed by atoms with E-state index in [9.17, 15) is 18.0 Å². The van der Waals surface area contributed by atoms with Crippen molar-refractivity contribution in [1.82, 2.24) is 5.32 Å². The van der Waals surface area contributed by atoms with Crippen LogP contribution in [0.25, 0.3) is 0 Å². The maximum atomic E-state index is 13.1. The number of hydrogen-bond acceptors (Lipinski definition) is 2. The van der Waals surface area contributed by atoms with Gasteiger partial charge in [-0.3, -0.25) is 4.79 Å². The van der Waals surface area contributed by atoms with Crippen LogP contribution in [0.3, 0.4) is 0 Å². The molecular formula is C16H20F3NO2. The zero-order valence-electron chi connectivity index (χ0n) is 12.6. The number of nitrogens with one attached hydrogen (secondary N) is 1. The Balaban J connectivity index is 2.10. The van der Waals surface area contributed by atoms with Crippen LogP contribution in [0.5, 0.6) is 0 Å². The molecule has 1 saturated heterocycles. The van der Waals surface area contributed by atoms with E-state index in [0.29, 0.717) is 19.6 Å². The van der Waals surface area contributed by atoms with E-state index in [0.717, 1.165) is 6.07 Å². The molecular weight excluding hydrogens is 295 g/mol. The number of ether oxygens (including phenoxy) is 1. The van der Waals surface area contributed by atoms with Gasteiger partial charge in [-0.05, 0) is 25.0 Å². The van der Waals surface area contributed by atoms with Crippen molar-refractivity contribution < 1.29 is 22.7 Å². The summed E-state index contributed by atoms with van der Waals surface area (Å²) in [6.07, 6.45) is -3.74. The number of carbonyl (C=O) groups is 1. The van der Waals surface area contributed by atoms with Gasteiger partial charge in [-0.2, -0.15) is 13.2 Å². The Hall–Kier alpha value is -1.56. The van der Waals surface area contributed by atoms with Gasteiger partial charge in [0, 0.05) is 18.6 Å². The van der Waals surface area contributed by atoms with Gasteiger partial charge in [-0.1, -0.05) is 25.1 Å². The van der Waals surface area contributed by atoms with E-state index in [1.54, 1.807) is 19.9 Å². The molecule has 0 spiro atoms. The lowest BCUT2D eigenvalue weighted by Crippen LogP contribution is -2.40. The van der Waals surface area contributed by atoms with Gasteiger partial charge in [0.25, 0.3) is 0 Å². The summed E-state index contributed by atoms with van der Waals surface area (Å²) in [6, 6.07) is 5.11. The third-order valence-corrected chi connectivity index (χ3v) is 4.18. The minimum atomic E-state index is -4.39. The van der Waals surface area contributed by atoms with Gasteiger partial charge >= 0.3 is 6.18 Å². The molecule has 0 aromatic heterocycles. The van der Waals surface area contributed by atoms with Crippen molar-refractivity contribution in [1.29, 1.82) is 0 Å². The summed E-state index contributed by atoms with van der Waals surface area (Å²) >= 11 is 0. The van der Waals surface area contributed by atoms with Crippen LogP contribution in [-0.4, -0.2) is 25.2 Å². The van der Waals surface area contributed by atoms with Crippen LogP contribution in [0.4, 0.5) is 13.2 Å². The van der Waals surface area contributed by atoms with Gasteiger partial charge in [0.05, 0.1) is 18.1 Å². The highest BCUT2D eigenvalue weighted by atomic mass is 19.4. The first-order valence-electron chi connectivity index (χ1n) is 7.35. The van der Waals surface area contributed by atoms with Crippen LogP contribution in [0.1, 0.15) is 37.3 Å². The smallest absolute Gasteiger partial charge is 0.381 e. The first-order chi connectivity index (χ1) is 10.3. The van der Waals surface area contributed by atoms with Crippen LogP contribution in [0, 0.1) is 5.92 Å². The number of carbonyl (C=O) groups excluding carboxylic acids is 1. The highest BCUT2D eigenvalue weighted by Crippen LogP contribution is 2.36. The fourth-order valence-electron chi connectivity index (χ4n) is 2.63. The molecule has 3 atom stereocenters. The fourth-order valence-corrected chi connectivity index (χ4v) is 2.63. The molecule has 1 N–H and O–H groups in total. The highest BCUT2D eigenvalue weighted by Gasteiger charge is 2.35. The standard InChI is InChI=1S/C16H20F3NO2/c1-10(11(2)20-15(21)12-7-8-22-9-12)13-5-3-4-6-14(13)16(17,18)19/h3-6,10-12H,7-9H2,1-2H3,(H,20,21)/t10-,11+,12-/m1/s1. The monoisotopic (exact) mass is 315 g/mol. The fraction of sp³-hybridized carbons (Fsp3) is 0.562. The van der Waals surface area contributed by atoms with Gasteiger partial charge in [0.1, 0.15) is 0 Å². The minimum Gasteiger partial charge on any atom is -0.381 e. The van der Waals surface area contributed by atoms with E-state index in [1.165, 1.54) is 12.1 Å². The van der Waals surface area contributed by atoms with Crippen LogP contribution in [0.2, 0.25) is 0 Å². The van der Waals surface area contributed by atoms with Gasteiger partial charge in [0.15, 0.2) is 0 Å². The first-order valence-corrected chi connectivity index (χ1v) is 7.35. The molecule has 0 unspecified atom stereocenters. The van der Waals surface area contributed by atoms with Crippen molar-refractivity contribution >= 4 is 5.91 Å². The molecule has 0 aliphatic carbocycles. The molecule has 0 saturated carbocycles. The summed E-state index contributed by atoms with van der Waals surface area (Å²) in [4.78, 5) is 12.1. The summed E-state index contributed by atoms with van der Waals surface area (Å²) in [7, 11) is 0. The van der Waals surface area contributed by atoms with Crippen molar-refractivity contribution in [2.75, 3.05) is 13.2 Å². The lowest BCUT2D eigenvalue weighted by Gasteiger charge is -2.25. The third-order valence-electron chi connectivity index (χ3n) is 4.18. The molecule has 6 heteroatoms. The zero-order chi connectivity index (χ0) is 16.3. The second-order valence-electron chi connectivity index (χ2n) is 5.73. The number of alkyl halides is 3. The van der Waals surface area contributed by atoms with Crippen LogP contribution >= 0.6 is 0 Å². The van der Waals surface area contributed by atoms with Gasteiger partial charge < -0.3 is 10.1 Å². The number of amides is 1. The van der Waals surface area contributed by atoms with E-state index in [-0.39, 0.29) is 17.4 Å². The topological polar surface area (TPSA) is 38.3 Å². The molecule has 1 aromatic carbocycles. The number of halogens is 3. The molecule has 1 amide bonds. The quantitative estimate of drug-likeness (QED) is 0.925. The Bertz CT molecular complexity index is 524. The van der Waals surface area contributed by atoms with E-state index < -0.39 is 23.7 Å². The summed E-state index contributed by atoms with van der Waals surface area (Å²) in [5.74, 6) is -0.794. The Kier molecular flexibility index (Phi) is 5.11. The van der Waals surface area contributed by atoms with Crippen LogP contribution in [0.15, 0.2) is 24.3 Å². The van der Waals surface area contributed by atoms with Gasteiger partial charge in [-0.25, -0.2) is 0 Å². The number of hydrogen-bond donors (Lipinski definition) is 1. The van der Waals surface area contributed by atoms with Crippen molar-refractivity contribution in [3.63, 3.8) is 0 Å². The molecule has 1 aromatic rings. The molecule has 3 nitrogen and oxygen atoms in total. The number of rotatable bonds is 4. The summed E-state index contributed by atoms with van der Waals surface area (Å²) in [6.45, 7) is 4.36. The van der Waals surface area contributed by atoms with Crippen molar-refractivity contribution in [3.05, 3.63) is 35.4 Å². The first kappa shape index (κ1) is 16.8. The zero-order valence-corrected chi connectivity index (χ0v) is 12.6. The molecule has 0 radical (unpaired) electrons. The molecule has 0 bridgehead atoms. The SMILES string of the molecule is C[C@H](NC(=O)[C@@H]1CCOC1)[C@@H](C)c1ccccc1C(F)(F)F. The van der Waals surface area contributed by atoms with E-state index in [4.69, 9.17) is 4.74 Å². The van der Waals surface area contributed by atoms with Crippen molar-refractivity contribution in [2.45, 2.75) is 38.4 Å². The molecule has 1 heterocycles. The van der Waals surface area contributed by atoms with Gasteiger partial charge in [0.2, 0.25) is 5.91 Å². The molecule has 122 valence electrons. The molecule has 2 rings (SSSR count). The average molecular weight is 315 g/mol. The van der Waals surface area contributed by atoms with Crippen LogP contribution < -0.4 is 5.32 Å². The predicted octanol–water partition coefficient (Wildman–Crippen LogP) is 3.35. The lowest BCUT2D eigenvalue weighted by molar-refractivity contribution is -0.138. The Morgan fingerprint density at radius 2 is 2.00 bits per heavy atom. The number of benzene rings is 1. The summed E-state index contributed by atoms with van der Waals surface area (Å²) < 4.78 is 44.4. The average Bonchev–Trinajstić information content (AvgIpc) is 2.99. The second-order valence-corrected chi connectivity index (χ2v) is 5.73.